The molecule has 27 heavy (non-hydrogen) atoms. The molecule has 142 valence electrons. The molecule has 1 atom stereocenters. The van der Waals surface area contributed by atoms with E-state index in [1.807, 2.05) is 18.2 Å². The van der Waals surface area contributed by atoms with Gasteiger partial charge in [0.25, 0.3) is 0 Å². The molecule has 1 saturated heterocycles. The Labute approximate surface area is 167 Å². The van der Waals surface area contributed by atoms with Gasteiger partial charge < -0.3 is 5.32 Å². The van der Waals surface area contributed by atoms with Crippen LogP contribution in [-0.2, 0) is 9.59 Å². The lowest BCUT2D eigenvalue weighted by Gasteiger charge is -2.25. The van der Waals surface area contributed by atoms with Crippen molar-refractivity contribution in [3.63, 3.8) is 0 Å². The third kappa shape index (κ3) is 4.28. The molecule has 7 heteroatoms. The van der Waals surface area contributed by atoms with Crippen LogP contribution in [0.4, 0.5) is 15.8 Å². The van der Waals surface area contributed by atoms with Crippen LogP contribution < -0.4 is 10.2 Å². The molecule has 1 heterocycles. The van der Waals surface area contributed by atoms with Crippen LogP contribution in [0.15, 0.2) is 48.5 Å². The second kappa shape index (κ2) is 7.90. The summed E-state index contributed by atoms with van der Waals surface area (Å²) in [5.74, 6) is 0.0117. The Hall–Kier alpha value is -2.05. The van der Waals surface area contributed by atoms with E-state index in [9.17, 15) is 14.0 Å². The van der Waals surface area contributed by atoms with Gasteiger partial charge in [-0.3, -0.25) is 14.5 Å². The van der Waals surface area contributed by atoms with E-state index in [4.69, 9.17) is 11.6 Å². The zero-order chi connectivity index (χ0) is 19.6. The molecule has 0 aliphatic carbocycles. The standard InChI is InChI=1S/C20H20ClFN2O2S/c1-20(2,12-21)19(26)23-15-5-3-4-13(10-15)18-24(17(25)11-27-18)16-8-6-14(22)7-9-16/h3-10,18H,11-12H2,1-2H3,(H,23,26)/t18-/m1/s1. The van der Waals surface area contributed by atoms with Crippen LogP contribution in [0.2, 0.25) is 0 Å². The maximum Gasteiger partial charge on any atom is 0.238 e. The van der Waals surface area contributed by atoms with Crippen molar-refractivity contribution < 1.29 is 14.0 Å². The highest BCUT2D eigenvalue weighted by atomic mass is 35.5. The van der Waals surface area contributed by atoms with Crippen molar-refractivity contribution >= 4 is 46.6 Å². The van der Waals surface area contributed by atoms with Gasteiger partial charge in [-0.25, -0.2) is 4.39 Å². The van der Waals surface area contributed by atoms with Gasteiger partial charge in [0, 0.05) is 17.3 Å². The van der Waals surface area contributed by atoms with Gasteiger partial charge in [0.15, 0.2) is 0 Å². The molecule has 0 radical (unpaired) electrons. The molecule has 2 amide bonds. The number of rotatable bonds is 5. The van der Waals surface area contributed by atoms with Gasteiger partial charge in [-0.1, -0.05) is 12.1 Å². The highest BCUT2D eigenvalue weighted by molar-refractivity contribution is 8.00. The molecule has 1 N–H and O–H groups in total. The lowest BCUT2D eigenvalue weighted by Crippen LogP contribution is -2.32. The third-order valence-electron chi connectivity index (χ3n) is 4.35. The van der Waals surface area contributed by atoms with Gasteiger partial charge in [-0.05, 0) is 55.8 Å². The summed E-state index contributed by atoms with van der Waals surface area (Å²) in [4.78, 5) is 26.4. The number of nitrogens with zero attached hydrogens (tertiary/aromatic N) is 1. The van der Waals surface area contributed by atoms with Gasteiger partial charge in [-0.2, -0.15) is 0 Å². The summed E-state index contributed by atoms with van der Waals surface area (Å²) in [6.45, 7) is 3.56. The Morgan fingerprint density at radius 1 is 1.30 bits per heavy atom. The molecule has 0 aromatic heterocycles. The lowest BCUT2D eigenvalue weighted by molar-refractivity contribution is -0.123. The molecule has 1 aliphatic rings. The molecule has 3 rings (SSSR count). The van der Waals surface area contributed by atoms with E-state index in [1.54, 1.807) is 36.9 Å². The molecule has 2 aromatic carbocycles. The van der Waals surface area contributed by atoms with Crippen LogP contribution >= 0.6 is 23.4 Å². The molecule has 0 bridgehead atoms. The lowest BCUT2D eigenvalue weighted by atomic mass is 9.95. The summed E-state index contributed by atoms with van der Waals surface area (Å²) in [5, 5.41) is 2.65. The molecule has 0 saturated carbocycles. The number of benzene rings is 2. The Kier molecular flexibility index (Phi) is 5.77. The van der Waals surface area contributed by atoms with E-state index >= 15 is 0 Å². The molecule has 0 spiro atoms. The van der Waals surface area contributed by atoms with Crippen molar-refractivity contribution in [2.24, 2.45) is 5.41 Å². The zero-order valence-electron chi connectivity index (χ0n) is 15.0. The Balaban J connectivity index is 1.86. The number of hydrogen-bond acceptors (Lipinski definition) is 3. The Morgan fingerprint density at radius 3 is 2.67 bits per heavy atom. The summed E-state index contributed by atoms with van der Waals surface area (Å²) in [6.07, 6.45) is 0. The van der Waals surface area contributed by atoms with E-state index in [-0.39, 0.29) is 28.9 Å². The number of halogens is 2. The first kappa shape index (κ1) is 19.7. The van der Waals surface area contributed by atoms with Crippen molar-refractivity contribution in [3.8, 4) is 0 Å². The molecular weight excluding hydrogens is 387 g/mol. The molecule has 4 nitrogen and oxygen atoms in total. The van der Waals surface area contributed by atoms with E-state index in [0.29, 0.717) is 17.1 Å². The monoisotopic (exact) mass is 406 g/mol. The van der Waals surface area contributed by atoms with Gasteiger partial charge in [0.05, 0.1) is 11.2 Å². The average molecular weight is 407 g/mol. The number of carbonyl (C=O) groups is 2. The fourth-order valence-corrected chi connectivity index (χ4v) is 3.97. The molecular formula is C20H20ClFN2O2S. The number of carbonyl (C=O) groups excluding carboxylic acids is 2. The van der Waals surface area contributed by atoms with E-state index in [0.717, 1.165) is 5.56 Å². The predicted octanol–water partition coefficient (Wildman–Crippen LogP) is 4.81. The maximum absolute atomic E-state index is 13.2. The van der Waals surface area contributed by atoms with Crippen LogP contribution in [0.1, 0.15) is 24.8 Å². The third-order valence-corrected chi connectivity index (χ3v) is 6.23. The van der Waals surface area contributed by atoms with Crippen molar-refractivity contribution in [1.29, 1.82) is 0 Å². The summed E-state index contributed by atoms with van der Waals surface area (Å²) in [7, 11) is 0. The first-order chi connectivity index (χ1) is 12.8. The molecule has 1 fully saturated rings. The smallest absolute Gasteiger partial charge is 0.238 e. The maximum atomic E-state index is 13.2. The first-order valence-corrected chi connectivity index (χ1v) is 10.1. The highest BCUT2D eigenvalue weighted by Gasteiger charge is 2.34. The molecule has 2 aromatic rings. The van der Waals surface area contributed by atoms with E-state index < -0.39 is 5.41 Å². The van der Waals surface area contributed by atoms with Crippen molar-refractivity contribution in [1.82, 2.24) is 0 Å². The second-order valence-electron chi connectivity index (χ2n) is 7.00. The quantitative estimate of drug-likeness (QED) is 0.725. The van der Waals surface area contributed by atoms with Gasteiger partial charge in [0.2, 0.25) is 11.8 Å². The topological polar surface area (TPSA) is 49.4 Å². The van der Waals surface area contributed by atoms with Crippen molar-refractivity contribution in [3.05, 3.63) is 59.9 Å². The minimum absolute atomic E-state index is 0.0330. The first-order valence-electron chi connectivity index (χ1n) is 8.48. The number of thioether (sulfide) groups is 1. The van der Waals surface area contributed by atoms with Crippen LogP contribution in [0.5, 0.6) is 0 Å². The largest absolute Gasteiger partial charge is 0.326 e. The van der Waals surface area contributed by atoms with Gasteiger partial charge >= 0.3 is 0 Å². The van der Waals surface area contributed by atoms with Crippen LogP contribution in [0, 0.1) is 11.2 Å². The summed E-state index contributed by atoms with van der Waals surface area (Å²) >= 11 is 7.37. The molecule has 1 aliphatic heterocycles. The number of anilines is 2. The SMILES string of the molecule is CC(C)(CCl)C(=O)Nc1cccc([C@H]2SCC(=O)N2c2ccc(F)cc2)c1. The fourth-order valence-electron chi connectivity index (χ4n) is 2.68. The van der Waals surface area contributed by atoms with E-state index in [2.05, 4.69) is 5.32 Å². The fraction of sp³-hybridized carbons (Fsp3) is 0.300. The predicted molar refractivity (Wildman–Crippen MR) is 109 cm³/mol. The van der Waals surface area contributed by atoms with Gasteiger partial charge in [0.1, 0.15) is 11.2 Å². The Bertz CT molecular complexity index is 857. The van der Waals surface area contributed by atoms with Crippen molar-refractivity contribution in [2.45, 2.75) is 19.2 Å². The minimum Gasteiger partial charge on any atom is -0.326 e. The van der Waals surface area contributed by atoms with Crippen LogP contribution in [0.3, 0.4) is 0 Å². The summed E-state index contributed by atoms with van der Waals surface area (Å²) < 4.78 is 13.2. The summed E-state index contributed by atoms with van der Waals surface area (Å²) in [6, 6.07) is 13.3. The normalized spacial score (nSPS) is 17.3. The van der Waals surface area contributed by atoms with Gasteiger partial charge in [-0.15, -0.1) is 23.4 Å². The average Bonchev–Trinajstić information content (AvgIpc) is 3.04. The van der Waals surface area contributed by atoms with Crippen LogP contribution in [-0.4, -0.2) is 23.4 Å². The zero-order valence-corrected chi connectivity index (χ0v) is 16.6. The number of nitrogens with one attached hydrogen (secondary N) is 1. The molecule has 0 unspecified atom stereocenters. The number of hydrogen-bond donors (Lipinski definition) is 1. The number of amides is 2. The van der Waals surface area contributed by atoms with Crippen LogP contribution in [0.25, 0.3) is 0 Å². The second-order valence-corrected chi connectivity index (χ2v) is 8.34. The van der Waals surface area contributed by atoms with E-state index in [1.165, 1.54) is 23.9 Å². The highest BCUT2D eigenvalue weighted by Crippen LogP contribution is 2.42. The number of alkyl halides is 1. The van der Waals surface area contributed by atoms with Crippen molar-refractivity contribution in [2.75, 3.05) is 21.8 Å². The Morgan fingerprint density at radius 2 is 2.00 bits per heavy atom. The summed E-state index contributed by atoms with van der Waals surface area (Å²) in [5.41, 5.74) is 1.50. The minimum atomic E-state index is -0.685.